The number of benzene rings is 2. The summed E-state index contributed by atoms with van der Waals surface area (Å²) in [6, 6.07) is 10.6. The first-order valence-electron chi connectivity index (χ1n) is 6.57. The highest BCUT2D eigenvalue weighted by molar-refractivity contribution is 6.30. The van der Waals surface area contributed by atoms with Crippen molar-refractivity contribution < 1.29 is 9.72 Å². The Morgan fingerprint density at radius 2 is 2.05 bits per heavy atom. The molecule has 0 aromatic heterocycles. The van der Waals surface area contributed by atoms with Crippen molar-refractivity contribution in [3.05, 3.63) is 68.7 Å². The van der Waals surface area contributed by atoms with Crippen LogP contribution in [0.15, 0.2) is 42.5 Å². The summed E-state index contributed by atoms with van der Waals surface area (Å²) in [7, 11) is 0. The summed E-state index contributed by atoms with van der Waals surface area (Å²) in [6.45, 7) is 0.317. The van der Waals surface area contributed by atoms with E-state index in [4.69, 9.17) is 17.3 Å². The number of hydrogen-bond acceptors (Lipinski definition) is 4. The maximum Gasteiger partial charge on any atom is 0.269 e. The van der Waals surface area contributed by atoms with Gasteiger partial charge in [0.25, 0.3) is 5.69 Å². The van der Waals surface area contributed by atoms with Crippen LogP contribution in [0.25, 0.3) is 0 Å². The average molecular weight is 318 g/mol. The third kappa shape index (κ3) is 2.43. The first-order valence-corrected chi connectivity index (χ1v) is 6.95. The van der Waals surface area contributed by atoms with Gasteiger partial charge in [-0.25, -0.2) is 0 Å². The van der Waals surface area contributed by atoms with Crippen LogP contribution in [0.4, 0.5) is 11.4 Å². The van der Waals surface area contributed by atoms with Gasteiger partial charge in [0.15, 0.2) is 0 Å². The molecule has 0 saturated carbocycles. The van der Waals surface area contributed by atoms with E-state index in [1.165, 1.54) is 17.0 Å². The normalized spacial score (nSPS) is 16.7. The highest BCUT2D eigenvalue weighted by atomic mass is 35.5. The quantitative estimate of drug-likeness (QED) is 0.696. The summed E-state index contributed by atoms with van der Waals surface area (Å²) in [5.74, 6) is -0.282. The highest BCUT2D eigenvalue weighted by Crippen LogP contribution is 2.37. The average Bonchev–Trinajstić information content (AvgIpc) is 2.72. The molecule has 22 heavy (non-hydrogen) atoms. The first-order chi connectivity index (χ1) is 10.5. The Bertz CT molecular complexity index is 778. The van der Waals surface area contributed by atoms with Gasteiger partial charge in [0.05, 0.1) is 11.5 Å². The lowest BCUT2D eigenvalue weighted by Crippen LogP contribution is -2.31. The number of fused-ring (bicyclic) bond motifs is 1. The van der Waals surface area contributed by atoms with E-state index < -0.39 is 11.0 Å². The number of nitrogens with two attached hydrogens (primary N) is 1. The van der Waals surface area contributed by atoms with E-state index in [1.807, 2.05) is 6.07 Å². The number of nitro groups is 1. The largest absolute Gasteiger partial charge is 0.316 e. The zero-order chi connectivity index (χ0) is 15.9. The predicted molar refractivity (Wildman–Crippen MR) is 82.7 cm³/mol. The molecule has 7 heteroatoms. The fraction of sp³-hybridized carbons (Fsp3) is 0.133. The minimum absolute atomic E-state index is 0.0772. The topological polar surface area (TPSA) is 89.5 Å². The van der Waals surface area contributed by atoms with Crippen LogP contribution in [0.1, 0.15) is 17.2 Å². The molecule has 2 aromatic rings. The Kier molecular flexibility index (Phi) is 3.56. The number of anilines is 1. The molecule has 0 radical (unpaired) electrons. The second-order valence-corrected chi connectivity index (χ2v) is 5.47. The van der Waals surface area contributed by atoms with Crippen LogP contribution in [-0.2, 0) is 11.3 Å². The van der Waals surface area contributed by atoms with E-state index in [1.54, 1.807) is 24.3 Å². The SMILES string of the molecule is N[C@@H]1C(=O)N(Cc2cccc(Cl)c2)c2ccc([N+](=O)[O-])cc21. The maximum atomic E-state index is 12.3. The van der Waals surface area contributed by atoms with Gasteiger partial charge in [-0.2, -0.15) is 0 Å². The minimum Gasteiger partial charge on any atom is -0.316 e. The van der Waals surface area contributed by atoms with Gasteiger partial charge in [-0.3, -0.25) is 14.9 Å². The molecule has 0 bridgehead atoms. The Morgan fingerprint density at radius 1 is 1.27 bits per heavy atom. The summed E-state index contributed by atoms with van der Waals surface area (Å²) in [5.41, 5.74) is 7.75. The summed E-state index contributed by atoms with van der Waals surface area (Å²) < 4.78 is 0. The van der Waals surface area contributed by atoms with Crippen molar-refractivity contribution in [1.82, 2.24) is 0 Å². The Morgan fingerprint density at radius 3 is 2.73 bits per heavy atom. The maximum absolute atomic E-state index is 12.3. The lowest BCUT2D eigenvalue weighted by atomic mass is 10.1. The van der Waals surface area contributed by atoms with Gasteiger partial charge in [-0.1, -0.05) is 23.7 Å². The lowest BCUT2D eigenvalue weighted by molar-refractivity contribution is -0.384. The molecule has 1 aliphatic heterocycles. The molecule has 112 valence electrons. The van der Waals surface area contributed by atoms with Crippen LogP contribution in [0.5, 0.6) is 0 Å². The fourth-order valence-corrected chi connectivity index (χ4v) is 2.76. The van der Waals surface area contributed by atoms with E-state index in [2.05, 4.69) is 0 Å². The van der Waals surface area contributed by atoms with Gasteiger partial charge >= 0.3 is 0 Å². The van der Waals surface area contributed by atoms with E-state index in [0.717, 1.165) is 5.56 Å². The third-order valence-electron chi connectivity index (χ3n) is 3.61. The molecule has 1 heterocycles. The van der Waals surface area contributed by atoms with Gasteiger partial charge in [-0.05, 0) is 23.8 Å². The number of halogens is 1. The minimum atomic E-state index is -0.880. The van der Waals surface area contributed by atoms with Crippen molar-refractivity contribution in [2.45, 2.75) is 12.6 Å². The summed E-state index contributed by atoms with van der Waals surface area (Å²) >= 11 is 5.95. The van der Waals surface area contributed by atoms with Crippen LogP contribution in [0.3, 0.4) is 0 Å². The van der Waals surface area contributed by atoms with Gasteiger partial charge in [0, 0.05) is 28.4 Å². The van der Waals surface area contributed by atoms with Crippen LogP contribution < -0.4 is 10.6 Å². The van der Waals surface area contributed by atoms with Gasteiger partial charge in [0.1, 0.15) is 6.04 Å². The molecule has 6 nitrogen and oxygen atoms in total. The Balaban J connectivity index is 1.98. The molecular formula is C15H12ClN3O3. The predicted octanol–water partition coefficient (Wildman–Crippen LogP) is 2.79. The summed E-state index contributed by atoms with van der Waals surface area (Å²) in [4.78, 5) is 24.2. The molecule has 1 amide bonds. The molecule has 0 spiro atoms. The third-order valence-corrected chi connectivity index (χ3v) is 3.84. The summed E-state index contributed by atoms with van der Waals surface area (Å²) in [5, 5.41) is 11.4. The first kappa shape index (κ1) is 14.5. The molecule has 0 unspecified atom stereocenters. The van der Waals surface area contributed by atoms with E-state index in [-0.39, 0.29) is 11.6 Å². The monoisotopic (exact) mass is 317 g/mol. The van der Waals surface area contributed by atoms with E-state index >= 15 is 0 Å². The molecule has 2 aromatic carbocycles. The number of carbonyl (C=O) groups excluding carboxylic acids is 1. The van der Waals surface area contributed by atoms with Gasteiger partial charge in [-0.15, -0.1) is 0 Å². The van der Waals surface area contributed by atoms with Crippen LogP contribution in [0, 0.1) is 10.1 Å². The van der Waals surface area contributed by atoms with Gasteiger partial charge < -0.3 is 10.6 Å². The standard InChI is InChI=1S/C15H12ClN3O3/c16-10-3-1-2-9(6-10)8-18-13-5-4-11(19(21)22)7-12(13)14(17)15(18)20/h1-7,14H,8,17H2/t14-/m0/s1. The zero-order valence-electron chi connectivity index (χ0n) is 11.4. The number of hydrogen-bond donors (Lipinski definition) is 1. The smallest absolute Gasteiger partial charge is 0.269 e. The second-order valence-electron chi connectivity index (χ2n) is 5.03. The van der Waals surface area contributed by atoms with Crippen LogP contribution in [-0.4, -0.2) is 10.8 Å². The van der Waals surface area contributed by atoms with Crippen LogP contribution >= 0.6 is 11.6 Å². The molecule has 0 aliphatic carbocycles. The van der Waals surface area contributed by atoms with Gasteiger partial charge in [0.2, 0.25) is 5.91 Å². The van der Waals surface area contributed by atoms with Crippen molar-refractivity contribution in [3.63, 3.8) is 0 Å². The molecule has 1 aliphatic rings. The number of amides is 1. The highest BCUT2D eigenvalue weighted by Gasteiger charge is 2.35. The van der Waals surface area contributed by atoms with E-state index in [9.17, 15) is 14.9 Å². The number of rotatable bonds is 3. The Hall–Kier alpha value is -2.44. The number of nitro benzene ring substituents is 1. The lowest BCUT2D eigenvalue weighted by Gasteiger charge is -2.17. The summed E-state index contributed by atoms with van der Waals surface area (Å²) in [6.07, 6.45) is 0. The molecule has 2 N–H and O–H groups in total. The molecule has 0 saturated heterocycles. The van der Waals surface area contributed by atoms with Crippen molar-refractivity contribution in [1.29, 1.82) is 0 Å². The van der Waals surface area contributed by atoms with Crippen molar-refractivity contribution in [2.24, 2.45) is 5.73 Å². The van der Waals surface area contributed by atoms with Crippen molar-refractivity contribution in [3.8, 4) is 0 Å². The van der Waals surface area contributed by atoms with E-state index in [0.29, 0.717) is 22.8 Å². The molecule has 0 fully saturated rings. The molecule has 3 rings (SSSR count). The van der Waals surface area contributed by atoms with Crippen LogP contribution in [0.2, 0.25) is 5.02 Å². The second kappa shape index (κ2) is 5.40. The molecular weight excluding hydrogens is 306 g/mol. The van der Waals surface area contributed by atoms with Crippen molar-refractivity contribution >= 4 is 28.9 Å². The number of carbonyl (C=O) groups is 1. The van der Waals surface area contributed by atoms with Crippen molar-refractivity contribution in [2.75, 3.05) is 4.90 Å². The molecule has 1 atom stereocenters. The number of nitrogens with zero attached hydrogens (tertiary/aromatic N) is 2. The number of non-ortho nitro benzene ring substituents is 1. The fourth-order valence-electron chi connectivity index (χ4n) is 2.55. The Labute approximate surface area is 131 Å². The zero-order valence-corrected chi connectivity index (χ0v) is 12.2.